The average molecular weight is 747 g/mol. The fourth-order valence-corrected chi connectivity index (χ4v) is 6.90. The first kappa shape index (κ1) is 33.8. The van der Waals surface area contributed by atoms with Crippen molar-refractivity contribution < 1.29 is 23.7 Å². The molecule has 1 aliphatic rings. The van der Waals surface area contributed by atoms with E-state index in [1.54, 1.807) is 44.2 Å². The number of thiazole rings is 1. The predicted octanol–water partition coefficient (Wildman–Crippen LogP) is 7.24. The molecule has 0 amide bonds. The molecule has 0 fully saturated rings. The largest absolute Gasteiger partial charge is 0.493 e. The Hall–Kier alpha value is -3.57. The van der Waals surface area contributed by atoms with Gasteiger partial charge in [-0.05, 0) is 81.3 Å². The molecule has 0 unspecified atom stereocenters. The molecule has 1 aromatic heterocycles. The van der Waals surface area contributed by atoms with Gasteiger partial charge in [-0.2, -0.15) is 0 Å². The van der Waals surface area contributed by atoms with Gasteiger partial charge in [0.2, 0.25) is 0 Å². The number of esters is 1. The molecule has 5 rings (SSSR count). The molecule has 3 aromatic carbocycles. The number of carbonyl (C=O) groups excluding carboxylic acids is 1. The molecule has 0 saturated heterocycles. The Morgan fingerprint density at radius 2 is 1.85 bits per heavy atom. The zero-order valence-corrected chi connectivity index (χ0v) is 29.6. The molecule has 4 aromatic rings. The maximum Gasteiger partial charge on any atom is 0.338 e. The van der Waals surface area contributed by atoms with Crippen LogP contribution in [0.4, 0.5) is 0 Å². The van der Waals surface area contributed by atoms with E-state index >= 15 is 0 Å². The van der Waals surface area contributed by atoms with Gasteiger partial charge in [-0.1, -0.05) is 68.7 Å². The van der Waals surface area contributed by atoms with Crippen LogP contribution in [0.5, 0.6) is 17.2 Å². The number of nitrogens with zero attached hydrogens (tertiary/aromatic N) is 2. The van der Waals surface area contributed by atoms with Crippen molar-refractivity contribution in [3.63, 3.8) is 0 Å². The van der Waals surface area contributed by atoms with E-state index in [2.05, 4.69) is 20.9 Å². The normalized spacial score (nSPS) is 14.6. The molecule has 1 atom stereocenters. The van der Waals surface area contributed by atoms with Crippen LogP contribution in [0.25, 0.3) is 6.08 Å². The van der Waals surface area contributed by atoms with Crippen LogP contribution >= 0.6 is 50.5 Å². The lowest BCUT2D eigenvalue weighted by atomic mass is 9.95. The van der Waals surface area contributed by atoms with Gasteiger partial charge in [0.1, 0.15) is 12.4 Å². The van der Waals surface area contributed by atoms with Crippen molar-refractivity contribution in [2.75, 3.05) is 13.7 Å². The summed E-state index contributed by atoms with van der Waals surface area (Å²) in [7, 11) is 1.54. The van der Waals surface area contributed by atoms with Crippen LogP contribution in [0.2, 0.25) is 10.0 Å². The number of fused-ring (bicyclic) bond motifs is 1. The highest BCUT2D eigenvalue weighted by Crippen LogP contribution is 2.37. The monoisotopic (exact) mass is 744 g/mol. The van der Waals surface area contributed by atoms with E-state index < -0.39 is 12.0 Å². The molecule has 0 saturated carbocycles. The van der Waals surface area contributed by atoms with Gasteiger partial charge < -0.3 is 18.9 Å². The van der Waals surface area contributed by atoms with Crippen molar-refractivity contribution in [3.8, 4) is 17.2 Å². The number of rotatable bonds is 10. The summed E-state index contributed by atoms with van der Waals surface area (Å²) in [6.07, 6.45) is 1.59. The van der Waals surface area contributed by atoms with Gasteiger partial charge in [0.15, 0.2) is 16.3 Å². The number of hydrogen-bond donors (Lipinski definition) is 0. The SMILES string of the molecule is CCOC(=O)C1=C(C)N=c2s/c(=C/c3cc(Cl)cc(Cl)c3OCc3ccc(Br)cc3)c(=O)n2[C@@H]1c1ccc(OC(C)C)c(OC)c1. The lowest BCUT2D eigenvalue weighted by Gasteiger charge is -2.25. The average Bonchev–Trinajstić information content (AvgIpc) is 3.30. The smallest absolute Gasteiger partial charge is 0.338 e. The van der Waals surface area contributed by atoms with E-state index in [4.69, 9.17) is 42.1 Å². The Bertz CT molecular complexity index is 2000. The van der Waals surface area contributed by atoms with Crippen molar-refractivity contribution in [2.24, 2.45) is 4.99 Å². The van der Waals surface area contributed by atoms with Gasteiger partial charge in [0, 0.05) is 15.1 Å². The Morgan fingerprint density at radius 1 is 1.11 bits per heavy atom. The minimum atomic E-state index is -0.837. The summed E-state index contributed by atoms with van der Waals surface area (Å²) < 4.78 is 25.9. The van der Waals surface area contributed by atoms with Gasteiger partial charge in [-0.15, -0.1) is 0 Å². The molecule has 0 N–H and O–H groups in total. The van der Waals surface area contributed by atoms with Crippen LogP contribution in [-0.4, -0.2) is 30.4 Å². The van der Waals surface area contributed by atoms with Crippen LogP contribution in [0.3, 0.4) is 0 Å². The molecule has 8 nitrogen and oxygen atoms in total. The number of carbonyl (C=O) groups is 1. The summed E-state index contributed by atoms with van der Waals surface area (Å²) in [4.78, 5) is 32.7. The van der Waals surface area contributed by atoms with Crippen molar-refractivity contribution >= 4 is 62.5 Å². The summed E-state index contributed by atoms with van der Waals surface area (Å²) >= 11 is 17.6. The van der Waals surface area contributed by atoms with Crippen LogP contribution in [0.1, 0.15) is 50.4 Å². The summed E-state index contributed by atoms with van der Waals surface area (Å²) in [5.74, 6) is 0.827. The number of allylic oxidation sites excluding steroid dienone is 1. The van der Waals surface area contributed by atoms with E-state index in [0.717, 1.165) is 10.0 Å². The molecule has 12 heteroatoms. The van der Waals surface area contributed by atoms with Gasteiger partial charge in [-0.25, -0.2) is 9.79 Å². The Balaban J connectivity index is 1.66. The second kappa shape index (κ2) is 14.5. The Morgan fingerprint density at radius 3 is 2.52 bits per heavy atom. The van der Waals surface area contributed by atoms with E-state index in [-0.39, 0.29) is 30.5 Å². The van der Waals surface area contributed by atoms with Gasteiger partial charge in [0.05, 0.1) is 46.7 Å². The third-order valence-corrected chi connectivity index (χ3v) is 9.01. The Labute approximate surface area is 288 Å². The standard InChI is InChI=1S/C34H31BrCl2N2O6S/c1-6-43-33(41)29-19(4)38-34-39(30(29)21-9-12-26(45-18(2)3)27(14-21)42-5)32(40)28(46-34)15-22-13-24(36)16-25(37)31(22)44-17-20-7-10-23(35)11-8-20/h7-16,18,30H,6,17H2,1-5H3/b28-15+/t30-/m1/s1. The topological polar surface area (TPSA) is 88.4 Å². The van der Waals surface area contributed by atoms with Crippen molar-refractivity contribution in [3.05, 3.63) is 117 Å². The zero-order chi connectivity index (χ0) is 33.1. The van der Waals surface area contributed by atoms with Gasteiger partial charge >= 0.3 is 5.97 Å². The second-order valence-corrected chi connectivity index (χ2v) is 13.4. The molecule has 0 spiro atoms. The van der Waals surface area contributed by atoms with Gasteiger partial charge in [-0.3, -0.25) is 9.36 Å². The lowest BCUT2D eigenvalue weighted by Crippen LogP contribution is -2.40. The van der Waals surface area contributed by atoms with Crippen molar-refractivity contribution in [1.29, 1.82) is 0 Å². The maximum atomic E-state index is 14.2. The molecular weight excluding hydrogens is 715 g/mol. The Kier molecular flexibility index (Phi) is 10.6. The van der Waals surface area contributed by atoms with Crippen molar-refractivity contribution in [2.45, 2.75) is 46.4 Å². The quantitative estimate of drug-likeness (QED) is 0.159. The van der Waals surface area contributed by atoms with E-state index in [1.807, 2.05) is 44.2 Å². The van der Waals surface area contributed by atoms with E-state index in [0.29, 0.717) is 53.5 Å². The number of halogens is 3. The minimum Gasteiger partial charge on any atom is -0.493 e. The number of benzene rings is 3. The molecular formula is C34H31BrCl2N2O6S. The van der Waals surface area contributed by atoms with E-state index in [1.165, 1.54) is 23.0 Å². The second-order valence-electron chi connectivity index (χ2n) is 10.6. The fraction of sp³-hybridized carbons (Fsp3) is 0.265. The highest BCUT2D eigenvalue weighted by molar-refractivity contribution is 9.10. The summed E-state index contributed by atoms with van der Waals surface area (Å²) in [5, 5.41) is 0.687. The first-order valence-electron chi connectivity index (χ1n) is 14.4. The third-order valence-electron chi connectivity index (χ3n) is 7.00. The molecule has 2 heterocycles. The molecule has 0 aliphatic carbocycles. The highest BCUT2D eigenvalue weighted by atomic mass is 79.9. The summed E-state index contributed by atoms with van der Waals surface area (Å²) in [5.41, 5.74) is 2.42. The van der Waals surface area contributed by atoms with Crippen molar-refractivity contribution in [1.82, 2.24) is 4.57 Å². The lowest BCUT2D eigenvalue weighted by molar-refractivity contribution is -0.139. The number of hydrogen-bond acceptors (Lipinski definition) is 8. The molecule has 46 heavy (non-hydrogen) atoms. The molecule has 0 bridgehead atoms. The summed E-state index contributed by atoms with van der Waals surface area (Å²) in [6, 6.07) is 15.5. The molecule has 1 aliphatic heterocycles. The zero-order valence-electron chi connectivity index (χ0n) is 25.7. The fourth-order valence-electron chi connectivity index (χ4n) is 5.03. The molecule has 0 radical (unpaired) electrons. The van der Waals surface area contributed by atoms with Crippen LogP contribution < -0.4 is 29.1 Å². The molecule has 240 valence electrons. The van der Waals surface area contributed by atoms with E-state index in [9.17, 15) is 9.59 Å². The number of ether oxygens (including phenoxy) is 4. The van der Waals surface area contributed by atoms with Crippen LogP contribution in [-0.2, 0) is 16.1 Å². The van der Waals surface area contributed by atoms with Crippen LogP contribution in [0, 0.1) is 0 Å². The highest BCUT2D eigenvalue weighted by Gasteiger charge is 2.34. The summed E-state index contributed by atoms with van der Waals surface area (Å²) in [6.45, 7) is 7.70. The maximum absolute atomic E-state index is 14.2. The first-order chi connectivity index (χ1) is 22.0. The van der Waals surface area contributed by atoms with Crippen LogP contribution in [0.15, 0.2) is 80.1 Å². The predicted molar refractivity (Wildman–Crippen MR) is 184 cm³/mol. The number of aromatic nitrogens is 1. The minimum absolute atomic E-state index is 0.0848. The first-order valence-corrected chi connectivity index (χ1v) is 16.8. The van der Waals surface area contributed by atoms with Gasteiger partial charge in [0.25, 0.3) is 5.56 Å². The number of methoxy groups -OCH3 is 1. The third kappa shape index (κ3) is 7.20.